The monoisotopic (exact) mass is 334 g/mol. The molecule has 20 heavy (non-hydrogen) atoms. The van der Waals surface area contributed by atoms with Gasteiger partial charge in [0.1, 0.15) is 0 Å². The molecular formula is C13H19ClN2O2S2. The van der Waals surface area contributed by atoms with Gasteiger partial charge in [-0.3, -0.25) is 0 Å². The first-order chi connectivity index (χ1) is 9.55. The predicted octanol–water partition coefficient (Wildman–Crippen LogP) is 2.19. The fourth-order valence-corrected chi connectivity index (χ4v) is 4.94. The molecule has 1 aromatic carbocycles. The van der Waals surface area contributed by atoms with Crippen molar-refractivity contribution < 1.29 is 8.42 Å². The van der Waals surface area contributed by atoms with Crippen LogP contribution in [-0.4, -0.2) is 43.9 Å². The molecule has 1 aliphatic heterocycles. The van der Waals surface area contributed by atoms with E-state index in [2.05, 4.69) is 5.32 Å². The van der Waals surface area contributed by atoms with Crippen molar-refractivity contribution in [2.45, 2.75) is 18.4 Å². The fraction of sp³-hybridized carbons (Fsp3) is 0.538. The number of sulfonamides is 1. The van der Waals surface area contributed by atoms with E-state index in [9.17, 15) is 8.42 Å². The van der Waals surface area contributed by atoms with Gasteiger partial charge in [-0.1, -0.05) is 24.6 Å². The van der Waals surface area contributed by atoms with E-state index in [0.717, 1.165) is 23.6 Å². The predicted molar refractivity (Wildman–Crippen MR) is 84.9 cm³/mol. The van der Waals surface area contributed by atoms with Crippen molar-refractivity contribution >= 4 is 33.4 Å². The minimum atomic E-state index is -3.41. The summed E-state index contributed by atoms with van der Waals surface area (Å²) in [4.78, 5) is 0.287. The highest BCUT2D eigenvalue weighted by Gasteiger charge is 2.26. The molecule has 0 atom stereocenters. The number of nitrogens with zero attached hydrogens (tertiary/aromatic N) is 1. The summed E-state index contributed by atoms with van der Waals surface area (Å²) in [6, 6.07) is 5.00. The second-order valence-corrected chi connectivity index (χ2v) is 8.12. The van der Waals surface area contributed by atoms with Crippen LogP contribution in [0.5, 0.6) is 0 Å². The summed E-state index contributed by atoms with van der Waals surface area (Å²) in [6.45, 7) is 4.66. The Morgan fingerprint density at radius 3 is 2.65 bits per heavy atom. The van der Waals surface area contributed by atoms with E-state index in [4.69, 9.17) is 11.6 Å². The number of benzene rings is 1. The van der Waals surface area contributed by atoms with Crippen molar-refractivity contribution in [1.82, 2.24) is 9.62 Å². The molecule has 1 aliphatic rings. The van der Waals surface area contributed by atoms with Gasteiger partial charge in [0.05, 0.1) is 4.90 Å². The largest absolute Gasteiger partial charge is 0.313 e. The van der Waals surface area contributed by atoms with Crippen LogP contribution in [-0.2, 0) is 16.6 Å². The van der Waals surface area contributed by atoms with E-state index in [1.165, 1.54) is 0 Å². The van der Waals surface area contributed by atoms with Gasteiger partial charge in [-0.2, -0.15) is 16.1 Å². The van der Waals surface area contributed by atoms with E-state index in [1.807, 2.05) is 6.92 Å². The Hall–Kier alpha value is -0.270. The van der Waals surface area contributed by atoms with Crippen LogP contribution in [0.2, 0.25) is 5.02 Å². The van der Waals surface area contributed by atoms with Gasteiger partial charge in [0.15, 0.2) is 0 Å². The second-order valence-electron chi connectivity index (χ2n) is 4.55. The van der Waals surface area contributed by atoms with E-state index in [-0.39, 0.29) is 4.90 Å². The second kappa shape index (κ2) is 7.13. The summed E-state index contributed by atoms with van der Waals surface area (Å²) in [5.74, 6) is 1.71. The Kier molecular flexibility index (Phi) is 5.74. The van der Waals surface area contributed by atoms with E-state index < -0.39 is 10.0 Å². The molecule has 7 heteroatoms. The van der Waals surface area contributed by atoms with E-state index in [1.54, 1.807) is 34.3 Å². The standard InChI is InChI=1S/C13H19ClN2O2S2/c1-2-15-10-11-3-4-12(9-13(11)14)20(17,18)16-5-7-19-8-6-16/h3-4,9,15H,2,5-8,10H2,1H3. The van der Waals surface area contributed by atoms with E-state index in [0.29, 0.717) is 24.7 Å². The molecule has 0 aliphatic carbocycles. The molecule has 112 valence electrons. The number of rotatable bonds is 5. The lowest BCUT2D eigenvalue weighted by molar-refractivity contribution is 0.443. The fourth-order valence-electron chi connectivity index (χ4n) is 2.03. The molecule has 2 rings (SSSR count). The van der Waals surface area contributed by atoms with Crippen LogP contribution in [0.3, 0.4) is 0 Å². The van der Waals surface area contributed by atoms with Crippen LogP contribution in [0.25, 0.3) is 0 Å². The maximum atomic E-state index is 12.5. The number of nitrogens with one attached hydrogen (secondary N) is 1. The zero-order valence-corrected chi connectivity index (χ0v) is 13.8. The molecular weight excluding hydrogens is 316 g/mol. The van der Waals surface area contributed by atoms with Crippen LogP contribution in [0.15, 0.2) is 23.1 Å². The average molecular weight is 335 g/mol. The highest BCUT2D eigenvalue weighted by molar-refractivity contribution is 7.99. The Morgan fingerprint density at radius 2 is 2.05 bits per heavy atom. The number of halogens is 1. The average Bonchev–Trinajstić information content (AvgIpc) is 2.47. The Morgan fingerprint density at radius 1 is 1.35 bits per heavy atom. The molecule has 4 nitrogen and oxygen atoms in total. The maximum Gasteiger partial charge on any atom is 0.243 e. The first-order valence-electron chi connectivity index (χ1n) is 6.62. The van der Waals surface area contributed by atoms with Gasteiger partial charge >= 0.3 is 0 Å². The molecule has 0 bridgehead atoms. The van der Waals surface area contributed by atoms with Gasteiger partial charge in [0.2, 0.25) is 10.0 Å². The quantitative estimate of drug-likeness (QED) is 0.896. The third kappa shape index (κ3) is 3.68. The molecule has 1 fully saturated rings. The van der Waals surface area contributed by atoms with Crippen LogP contribution in [0.1, 0.15) is 12.5 Å². The van der Waals surface area contributed by atoms with Crippen molar-refractivity contribution in [3.8, 4) is 0 Å². The first kappa shape index (κ1) is 16.1. The minimum Gasteiger partial charge on any atom is -0.313 e. The van der Waals surface area contributed by atoms with Crippen LogP contribution in [0.4, 0.5) is 0 Å². The van der Waals surface area contributed by atoms with Crippen molar-refractivity contribution in [2.24, 2.45) is 0 Å². The normalized spacial score (nSPS) is 17.3. The Bertz CT molecular complexity index is 557. The third-order valence-electron chi connectivity index (χ3n) is 3.20. The molecule has 1 aromatic rings. The Balaban J connectivity index is 2.21. The first-order valence-corrected chi connectivity index (χ1v) is 9.60. The highest BCUT2D eigenvalue weighted by atomic mass is 35.5. The molecule has 0 radical (unpaired) electrons. The lowest BCUT2D eigenvalue weighted by Crippen LogP contribution is -2.37. The van der Waals surface area contributed by atoms with Gasteiger partial charge in [0.25, 0.3) is 0 Å². The van der Waals surface area contributed by atoms with Gasteiger partial charge in [-0.15, -0.1) is 0 Å². The van der Waals surface area contributed by atoms with Crippen LogP contribution < -0.4 is 5.32 Å². The van der Waals surface area contributed by atoms with Crippen LogP contribution >= 0.6 is 23.4 Å². The van der Waals surface area contributed by atoms with E-state index >= 15 is 0 Å². The molecule has 0 saturated carbocycles. The SMILES string of the molecule is CCNCc1ccc(S(=O)(=O)N2CCSCC2)cc1Cl. The van der Waals surface area contributed by atoms with Crippen molar-refractivity contribution in [3.05, 3.63) is 28.8 Å². The topological polar surface area (TPSA) is 49.4 Å². The molecule has 1 heterocycles. The van der Waals surface area contributed by atoms with Gasteiger partial charge in [0, 0.05) is 36.2 Å². The zero-order valence-electron chi connectivity index (χ0n) is 11.4. The number of hydrogen-bond donors (Lipinski definition) is 1. The number of thioether (sulfide) groups is 1. The van der Waals surface area contributed by atoms with Gasteiger partial charge in [-0.25, -0.2) is 8.42 Å². The zero-order chi connectivity index (χ0) is 14.6. The van der Waals surface area contributed by atoms with Gasteiger partial charge < -0.3 is 5.32 Å². The van der Waals surface area contributed by atoms with Gasteiger partial charge in [-0.05, 0) is 24.2 Å². The minimum absolute atomic E-state index is 0.287. The van der Waals surface area contributed by atoms with Crippen LogP contribution in [0, 0.1) is 0 Å². The molecule has 0 amide bonds. The molecule has 0 spiro atoms. The highest BCUT2D eigenvalue weighted by Crippen LogP contribution is 2.25. The smallest absolute Gasteiger partial charge is 0.243 e. The molecule has 0 unspecified atom stereocenters. The summed E-state index contributed by atoms with van der Waals surface area (Å²) in [5.41, 5.74) is 0.918. The summed E-state index contributed by atoms with van der Waals surface area (Å²) in [7, 11) is -3.41. The lowest BCUT2D eigenvalue weighted by Gasteiger charge is -2.25. The molecule has 1 N–H and O–H groups in total. The third-order valence-corrected chi connectivity index (χ3v) is 6.39. The lowest BCUT2D eigenvalue weighted by atomic mass is 10.2. The van der Waals surface area contributed by atoms with Crippen molar-refractivity contribution in [1.29, 1.82) is 0 Å². The molecule has 0 aromatic heterocycles. The van der Waals surface area contributed by atoms with Crippen molar-refractivity contribution in [2.75, 3.05) is 31.1 Å². The summed E-state index contributed by atoms with van der Waals surface area (Å²) in [6.07, 6.45) is 0. The summed E-state index contributed by atoms with van der Waals surface area (Å²) < 4.78 is 26.6. The number of hydrogen-bond acceptors (Lipinski definition) is 4. The summed E-state index contributed by atoms with van der Waals surface area (Å²) >= 11 is 7.97. The Labute approximate surface area is 129 Å². The summed E-state index contributed by atoms with van der Waals surface area (Å²) in [5, 5.41) is 3.68. The molecule has 1 saturated heterocycles. The maximum absolute atomic E-state index is 12.5. The van der Waals surface area contributed by atoms with Crippen molar-refractivity contribution in [3.63, 3.8) is 0 Å².